The maximum absolute atomic E-state index is 6.22. The summed E-state index contributed by atoms with van der Waals surface area (Å²) >= 11 is 6.22. The van der Waals surface area contributed by atoms with E-state index >= 15 is 0 Å². The highest BCUT2D eigenvalue weighted by atomic mass is 35.5. The lowest BCUT2D eigenvalue weighted by molar-refractivity contribution is 0.380. The highest BCUT2D eigenvalue weighted by molar-refractivity contribution is 6.34. The van der Waals surface area contributed by atoms with Crippen molar-refractivity contribution < 1.29 is 9.26 Å². The Hall–Kier alpha value is -1.59. The summed E-state index contributed by atoms with van der Waals surface area (Å²) in [5.41, 5.74) is 7.07. The molecule has 1 aromatic carbocycles. The van der Waals surface area contributed by atoms with Crippen molar-refractivity contribution in [1.29, 1.82) is 0 Å². The quantitative estimate of drug-likeness (QED) is 0.907. The smallest absolute Gasteiger partial charge is 0.240 e. The van der Waals surface area contributed by atoms with E-state index in [1.807, 2.05) is 13.0 Å². The van der Waals surface area contributed by atoms with Gasteiger partial charge in [0, 0.05) is 5.56 Å². The highest BCUT2D eigenvalue weighted by Crippen LogP contribution is 2.36. The van der Waals surface area contributed by atoms with Gasteiger partial charge in [-0.25, -0.2) is 0 Å². The van der Waals surface area contributed by atoms with Crippen LogP contribution in [0.1, 0.15) is 11.5 Å². The zero-order valence-corrected chi connectivity index (χ0v) is 10.3. The van der Waals surface area contributed by atoms with Crippen LogP contribution >= 0.6 is 11.6 Å². The van der Waals surface area contributed by atoms with Crippen LogP contribution < -0.4 is 10.5 Å². The van der Waals surface area contributed by atoms with E-state index in [-0.39, 0.29) is 6.54 Å². The molecule has 0 aliphatic heterocycles. The van der Waals surface area contributed by atoms with Crippen molar-refractivity contribution in [3.63, 3.8) is 0 Å². The SMILES string of the molecule is COc1ccc(C)c(-c2noc(CN)n2)c1Cl. The molecule has 0 saturated carbocycles. The molecule has 2 N–H and O–H groups in total. The molecule has 1 heterocycles. The third-order valence-electron chi connectivity index (χ3n) is 2.40. The molecule has 2 rings (SSSR count). The van der Waals surface area contributed by atoms with Gasteiger partial charge in [-0.15, -0.1) is 0 Å². The number of nitrogens with zero attached hydrogens (tertiary/aromatic N) is 2. The Balaban J connectivity index is 2.57. The summed E-state index contributed by atoms with van der Waals surface area (Å²) in [5, 5.41) is 4.32. The van der Waals surface area contributed by atoms with E-state index in [9.17, 15) is 0 Å². The van der Waals surface area contributed by atoms with Gasteiger partial charge < -0.3 is 15.0 Å². The molecular weight excluding hydrogens is 242 g/mol. The second-order valence-electron chi connectivity index (χ2n) is 3.49. The van der Waals surface area contributed by atoms with Crippen LogP contribution in [0, 0.1) is 6.92 Å². The van der Waals surface area contributed by atoms with Crippen molar-refractivity contribution >= 4 is 11.6 Å². The lowest BCUT2D eigenvalue weighted by atomic mass is 10.1. The highest BCUT2D eigenvalue weighted by Gasteiger charge is 2.16. The molecule has 0 bridgehead atoms. The summed E-state index contributed by atoms with van der Waals surface area (Å²) in [6.45, 7) is 2.12. The molecule has 6 heteroatoms. The van der Waals surface area contributed by atoms with Crippen LogP contribution in [-0.2, 0) is 6.54 Å². The maximum Gasteiger partial charge on any atom is 0.240 e. The number of nitrogens with two attached hydrogens (primary N) is 1. The normalized spacial score (nSPS) is 10.6. The molecule has 0 unspecified atom stereocenters. The summed E-state index contributed by atoms with van der Waals surface area (Å²) in [7, 11) is 1.56. The van der Waals surface area contributed by atoms with E-state index in [1.54, 1.807) is 13.2 Å². The predicted molar refractivity (Wildman–Crippen MR) is 63.9 cm³/mol. The van der Waals surface area contributed by atoms with Gasteiger partial charge in [0.25, 0.3) is 0 Å². The second-order valence-corrected chi connectivity index (χ2v) is 3.87. The first-order valence-electron chi connectivity index (χ1n) is 5.03. The number of hydrogen-bond acceptors (Lipinski definition) is 5. The van der Waals surface area contributed by atoms with Crippen LogP contribution in [0.4, 0.5) is 0 Å². The van der Waals surface area contributed by atoms with Crippen molar-refractivity contribution in [2.45, 2.75) is 13.5 Å². The zero-order valence-electron chi connectivity index (χ0n) is 9.53. The number of hydrogen-bond donors (Lipinski definition) is 1. The topological polar surface area (TPSA) is 74.2 Å². The van der Waals surface area contributed by atoms with Gasteiger partial charge in [-0.05, 0) is 18.6 Å². The molecule has 0 fully saturated rings. The van der Waals surface area contributed by atoms with Gasteiger partial charge in [-0.2, -0.15) is 4.98 Å². The van der Waals surface area contributed by atoms with Gasteiger partial charge in [-0.3, -0.25) is 0 Å². The fourth-order valence-electron chi connectivity index (χ4n) is 1.52. The first-order chi connectivity index (χ1) is 8.17. The number of methoxy groups -OCH3 is 1. The number of benzene rings is 1. The standard InChI is InChI=1S/C11H12ClN3O2/c1-6-3-4-7(16-2)10(12)9(6)11-14-8(5-13)17-15-11/h3-4H,5,13H2,1-2H3. The van der Waals surface area contributed by atoms with Crippen molar-refractivity contribution in [2.24, 2.45) is 5.73 Å². The monoisotopic (exact) mass is 253 g/mol. The van der Waals surface area contributed by atoms with E-state index in [0.29, 0.717) is 28.1 Å². The maximum atomic E-state index is 6.22. The fourth-order valence-corrected chi connectivity index (χ4v) is 1.90. The average Bonchev–Trinajstić information content (AvgIpc) is 2.78. The molecule has 2 aromatic rings. The van der Waals surface area contributed by atoms with Crippen LogP contribution in [-0.4, -0.2) is 17.3 Å². The summed E-state index contributed by atoms with van der Waals surface area (Å²) < 4.78 is 10.1. The van der Waals surface area contributed by atoms with E-state index in [2.05, 4.69) is 10.1 Å². The number of rotatable bonds is 3. The van der Waals surface area contributed by atoms with Crippen LogP contribution in [0.3, 0.4) is 0 Å². The lowest BCUT2D eigenvalue weighted by Gasteiger charge is -2.08. The van der Waals surface area contributed by atoms with Gasteiger partial charge in [0.15, 0.2) is 0 Å². The van der Waals surface area contributed by atoms with E-state index < -0.39 is 0 Å². The minimum atomic E-state index is 0.202. The van der Waals surface area contributed by atoms with E-state index in [0.717, 1.165) is 5.56 Å². The first kappa shape index (κ1) is 11.9. The molecule has 0 radical (unpaired) electrons. The molecular formula is C11H12ClN3O2. The Kier molecular flexibility index (Phi) is 3.31. The summed E-state index contributed by atoms with van der Waals surface area (Å²) in [6.07, 6.45) is 0. The number of ether oxygens (including phenoxy) is 1. The Labute approximate surface area is 104 Å². The molecule has 0 saturated heterocycles. The molecule has 0 atom stereocenters. The molecule has 5 nitrogen and oxygen atoms in total. The number of aryl methyl sites for hydroxylation is 1. The molecule has 17 heavy (non-hydrogen) atoms. The van der Waals surface area contributed by atoms with Crippen molar-refractivity contribution in [3.05, 3.63) is 28.6 Å². The first-order valence-corrected chi connectivity index (χ1v) is 5.41. The summed E-state index contributed by atoms with van der Waals surface area (Å²) in [6, 6.07) is 3.68. The van der Waals surface area contributed by atoms with Gasteiger partial charge in [0.05, 0.1) is 18.7 Å². The van der Waals surface area contributed by atoms with Crippen molar-refractivity contribution in [3.8, 4) is 17.1 Å². The summed E-state index contributed by atoms with van der Waals surface area (Å²) in [4.78, 5) is 4.15. The molecule has 90 valence electrons. The van der Waals surface area contributed by atoms with Gasteiger partial charge in [0.1, 0.15) is 5.75 Å². The Morgan fingerprint density at radius 1 is 1.47 bits per heavy atom. The molecule has 0 aliphatic carbocycles. The Bertz CT molecular complexity index is 540. The minimum absolute atomic E-state index is 0.202. The summed E-state index contributed by atoms with van der Waals surface area (Å²) in [5.74, 6) is 1.37. The lowest BCUT2D eigenvalue weighted by Crippen LogP contribution is -1.96. The zero-order chi connectivity index (χ0) is 12.4. The predicted octanol–water partition coefficient (Wildman–Crippen LogP) is 2.17. The van der Waals surface area contributed by atoms with Crippen LogP contribution in [0.5, 0.6) is 5.75 Å². The van der Waals surface area contributed by atoms with Gasteiger partial charge in [-0.1, -0.05) is 22.8 Å². The average molecular weight is 254 g/mol. The Morgan fingerprint density at radius 2 is 2.24 bits per heavy atom. The molecule has 0 amide bonds. The van der Waals surface area contributed by atoms with Crippen LogP contribution in [0.25, 0.3) is 11.4 Å². The number of aromatic nitrogens is 2. The second kappa shape index (κ2) is 4.73. The van der Waals surface area contributed by atoms with Gasteiger partial charge in [0.2, 0.25) is 11.7 Å². The third kappa shape index (κ3) is 2.11. The molecule has 0 aliphatic rings. The molecule has 1 aromatic heterocycles. The fraction of sp³-hybridized carbons (Fsp3) is 0.273. The Morgan fingerprint density at radius 3 is 2.82 bits per heavy atom. The number of halogens is 1. The minimum Gasteiger partial charge on any atom is -0.495 e. The molecule has 0 spiro atoms. The van der Waals surface area contributed by atoms with Gasteiger partial charge >= 0.3 is 0 Å². The van der Waals surface area contributed by atoms with Crippen LogP contribution in [0.2, 0.25) is 5.02 Å². The third-order valence-corrected chi connectivity index (χ3v) is 2.78. The van der Waals surface area contributed by atoms with Crippen molar-refractivity contribution in [2.75, 3.05) is 7.11 Å². The largest absolute Gasteiger partial charge is 0.495 e. The van der Waals surface area contributed by atoms with E-state index in [1.165, 1.54) is 0 Å². The van der Waals surface area contributed by atoms with Crippen LogP contribution in [0.15, 0.2) is 16.7 Å². The van der Waals surface area contributed by atoms with Crippen molar-refractivity contribution in [1.82, 2.24) is 10.1 Å². The van der Waals surface area contributed by atoms with E-state index in [4.69, 9.17) is 26.6 Å².